The van der Waals surface area contributed by atoms with Crippen molar-refractivity contribution in [3.63, 3.8) is 0 Å². The number of hydrogen-bond donors (Lipinski definition) is 2. The normalized spacial score (nSPS) is 11.6. The molecule has 3 nitrogen and oxygen atoms in total. The Hall–Kier alpha value is -2.55. The molecule has 0 bridgehead atoms. The Morgan fingerprint density at radius 1 is 1.05 bits per heavy atom. The number of nitrogens with zero attached hydrogens (tertiary/aromatic N) is 1. The predicted octanol–water partition coefficient (Wildman–Crippen LogP) is 4.55. The highest BCUT2D eigenvalue weighted by molar-refractivity contribution is 6.03. The van der Waals surface area contributed by atoms with E-state index in [4.69, 9.17) is 0 Å². The first-order valence-electron chi connectivity index (χ1n) is 6.98. The maximum absolute atomic E-state index is 10.1. The van der Waals surface area contributed by atoms with Crippen molar-refractivity contribution in [2.75, 3.05) is 0 Å². The van der Waals surface area contributed by atoms with Crippen molar-refractivity contribution in [1.29, 1.82) is 0 Å². The summed E-state index contributed by atoms with van der Waals surface area (Å²) in [6.45, 7) is 6.12. The molecule has 106 valence electrons. The van der Waals surface area contributed by atoms with Gasteiger partial charge < -0.3 is 10.1 Å². The molecule has 0 radical (unpaired) electrons. The Kier molecular flexibility index (Phi) is 3.26. The number of aliphatic imine (C=N–C) groups is 1. The lowest BCUT2D eigenvalue weighted by Gasteiger charge is -2.03. The zero-order valence-electron chi connectivity index (χ0n) is 12.4. The van der Waals surface area contributed by atoms with Gasteiger partial charge in [0.1, 0.15) is 0 Å². The molecule has 0 aliphatic rings. The van der Waals surface area contributed by atoms with Crippen LogP contribution in [0.3, 0.4) is 0 Å². The third-order valence-corrected chi connectivity index (χ3v) is 3.74. The van der Waals surface area contributed by atoms with E-state index in [2.05, 4.69) is 16.0 Å². The van der Waals surface area contributed by atoms with E-state index >= 15 is 0 Å². The van der Waals surface area contributed by atoms with Crippen LogP contribution in [0.5, 0.6) is 5.88 Å². The van der Waals surface area contributed by atoms with Crippen molar-refractivity contribution in [3.8, 4) is 5.88 Å². The van der Waals surface area contributed by atoms with Crippen LogP contribution in [0.1, 0.15) is 22.3 Å². The van der Waals surface area contributed by atoms with Crippen LogP contribution in [0.25, 0.3) is 10.9 Å². The van der Waals surface area contributed by atoms with Crippen LogP contribution in [-0.4, -0.2) is 16.3 Å². The minimum Gasteiger partial charge on any atom is -0.494 e. The van der Waals surface area contributed by atoms with E-state index in [-0.39, 0.29) is 5.88 Å². The first-order chi connectivity index (χ1) is 10.1. The lowest BCUT2D eigenvalue weighted by molar-refractivity contribution is 0.457. The lowest BCUT2D eigenvalue weighted by Crippen LogP contribution is -1.83. The van der Waals surface area contributed by atoms with E-state index < -0.39 is 0 Å². The summed E-state index contributed by atoms with van der Waals surface area (Å²) in [6.07, 6.45) is 1.74. The number of H-pyrrole nitrogens is 1. The van der Waals surface area contributed by atoms with Crippen molar-refractivity contribution in [1.82, 2.24) is 4.98 Å². The summed E-state index contributed by atoms with van der Waals surface area (Å²) >= 11 is 0. The molecule has 2 aromatic carbocycles. The number of aryl methyl sites for hydroxylation is 3. The topological polar surface area (TPSA) is 48.4 Å². The fourth-order valence-electron chi connectivity index (χ4n) is 2.58. The molecule has 0 aliphatic heterocycles. The standard InChI is InChI=1S/C18H18N2O/c1-11-7-8-16-14(9-11)15(18(21)20-16)10-19-17-12(2)5-4-6-13(17)3/h4-10,20-21H,1-3H3. The molecule has 2 N–H and O–H groups in total. The maximum atomic E-state index is 10.1. The number of aromatic amines is 1. The molecule has 1 aromatic heterocycles. The predicted molar refractivity (Wildman–Crippen MR) is 87.9 cm³/mol. The number of benzene rings is 2. The summed E-state index contributed by atoms with van der Waals surface area (Å²) in [5, 5.41) is 11.1. The van der Waals surface area contributed by atoms with E-state index in [9.17, 15) is 5.11 Å². The first-order valence-corrected chi connectivity index (χ1v) is 6.98. The van der Waals surface area contributed by atoms with Gasteiger partial charge in [-0.25, -0.2) is 0 Å². The molecule has 3 heteroatoms. The second-order valence-electron chi connectivity index (χ2n) is 5.43. The summed E-state index contributed by atoms with van der Waals surface area (Å²) in [5.74, 6) is 0.158. The van der Waals surface area contributed by atoms with Gasteiger partial charge in [0.25, 0.3) is 0 Å². The molecule has 0 amide bonds. The number of rotatable bonds is 2. The Morgan fingerprint density at radius 2 is 1.76 bits per heavy atom. The van der Waals surface area contributed by atoms with Crippen LogP contribution in [0.15, 0.2) is 41.4 Å². The minimum atomic E-state index is 0.158. The van der Waals surface area contributed by atoms with Crippen molar-refractivity contribution in [2.45, 2.75) is 20.8 Å². The van der Waals surface area contributed by atoms with Crippen LogP contribution in [0.2, 0.25) is 0 Å². The highest BCUT2D eigenvalue weighted by atomic mass is 16.3. The van der Waals surface area contributed by atoms with Gasteiger partial charge in [0.2, 0.25) is 0 Å². The van der Waals surface area contributed by atoms with Crippen LogP contribution < -0.4 is 0 Å². The monoisotopic (exact) mass is 278 g/mol. The molecule has 1 heterocycles. The smallest absolute Gasteiger partial charge is 0.198 e. The average molecular weight is 278 g/mol. The zero-order valence-corrected chi connectivity index (χ0v) is 12.4. The number of hydrogen-bond acceptors (Lipinski definition) is 2. The largest absolute Gasteiger partial charge is 0.494 e. The Labute approximate surface area is 124 Å². The molecule has 3 rings (SSSR count). The number of fused-ring (bicyclic) bond motifs is 1. The number of aromatic nitrogens is 1. The molecule has 0 fully saturated rings. The SMILES string of the molecule is Cc1ccc2[nH]c(O)c(C=Nc3c(C)cccc3C)c2c1. The van der Waals surface area contributed by atoms with Crippen LogP contribution in [0.4, 0.5) is 5.69 Å². The molecule has 0 saturated carbocycles. The van der Waals surface area contributed by atoms with Crippen molar-refractivity contribution >= 4 is 22.8 Å². The van der Waals surface area contributed by atoms with Crippen molar-refractivity contribution in [3.05, 3.63) is 58.7 Å². The van der Waals surface area contributed by atoms with Gasteiger partial charge >= 0.3 is 0 Å². The van der Waals surface area contributed by atoms with E-state index in [0.717, 1.165) is 38.8 Å². The van der Waals surface area contributed by atoms with Gasteiger partial charge in [0, 0.05) is 17.1 Å². The van der Waals surface area contributed by atoms with Gasteiger partial charge in [-0.1, -0.05) is 29.8 Å². The maximum Gasteiger partial charge on any atom is 0.198 e. The summed E-state index contributed by atoms with van der Waals surface area (Å²) < 4.78 is 0. The summed E-state index contributed by atoms with van der Waals surface area (Å²) in [5.41, 5.74) is 6.02. The van der Waals surface area contributed by atoms with Gasteiger partial charge in [-0.2, -0.15) is 0 Å². The average Bonchev–Trinajstić information content (AvgIpc) is 2.74. The van der Waals surface area contributed by atoms with E-state index in [0.29, 0.717) is 0 Å². The third kappa shape index (κ3) is 2.42. The van der Waals surface area contributed by atoms with Crippen LogP contribution in [-0.2, 0) is 0 Å². The summed E-state index contributed by atoms with van der Waals surface area (Å²) in [4.78, 5) is 7.57. The Balaban J connectivity index is 2.11. The van der Waals surface area contributed by atoms with Crippen molar-refractivity contribution in [2.24, 2.45) is 4.99 Å². The highest BCUT2D eigenvalue weighted by Gasteiger charge is 2.09. The fourth-order valence-corrected chi connectivity index (χ4v) is 2.58. The Morgan fingerprint density at radius 3 is 2.48 bits per heavy atom. The molecule has 0 saturated heterocycles. The molecular formula is C18H18N2O. The summed E-state index contributed by atoms with van der Waals surface area (Å²) in [6, 6.07) is 12.1. The third-order valence-electron chi connectivity index (χ3n) is 3.74. The quantitative estimate of drug-likeness (QED) is 0.664. The first kappa shape index (κ1) is 13.4. The molecular weight excluding hydrogens is 260 g/mol. The summed E-state index contributed by atoms with van der Waals surface area (Å²) in [7, 11) is 0. The lowest BCUT2D eigenvalue weighted by atomic mass is 10.1. The highest BCUT2D eigenvalue weighted by Crippen LogP contribution is 2.28. The van der Waals surface area contributed by atoms with Gasteiger partial charge in [-0.05, 0) is 44.0 Å². The van der Waals surface area contributed by atoms with Gasteiger partial charge in [0.15, 0.2) is 5.88 Å². The van der Waals surface area contributed by atoms with Crippen molar-refractivity contribution < 1.29 is 5.11 Å². The van der Waals surface area contributed by atoms with E-state index in [1.165, 1.54) is 0 Å². The second-order valence-corrected chi connectivity index (χ2v) is 5.43. The zero-order chi connectivity index (χ0) is 15.0. The minimum absolute atomic E-state index is 0.158. The molecule has 21 heavy (non-hydrogen) atoms. The second kappa shape index (κ2) is 5.09. The van der Waals surface area contributed by atoms with Gasteiger partial charge in [-0.3, -0.25) is 4.99 Å². The molecule has 3 aromatic rings. The molecule has 0 aliphatic carbocycles. The van der Waals surface area contributed by atoms with Crippen LogP contribution >= 0.6 is 0 Å². The number of nitrogens with one attached hydrogen (secondary N) is 1. The van der Waals surface area contributed by atoms with Crippen LogP contribution in [0, 0.1) is 20.8 Å². The van der Waals surface area contributed by atoms with E-state index in [1.54, 1.807) is 6.21 Å². The fraction of sp³-hybridized carbons (Fsp3) is 0.167. The van der Waals surface area contributed by atoms with Gasteiger partial charge in [0.05, 0.1) is 11.3 Å². The Bertz CT molecular complexity index is 824. The molecule has 0 atom stereocenters. The number of aromatic hydroxyl groups is 1. The molecule has 0 spiro atoms. The van der Waals surface area contributed by atoms with Gasteiger partial charge in [-0.15, -0.1) is 0 Å². The number of para-hydroxylation sites is 1. The molecule has 0 unspecified atom stereocenters. The van der Waals surface area contributed by atoms with E-state index in [1.807, 2.05) is 51.1 Å².